The number of aliphatic hydroxyl groups is 1. The Kier molecular flexibility index (Phi) is 2.89. The SMILES string of the molecule is COc1cccc([C@H]2[C@H]3C(=O)C(O)=C[C@H](C3=O)[C@@H]2C)c1. The van der Waals surface area contributed by atoms with Crippen LogP contribution in [0, 0.1) is 17.8 Å². The number of carbonyl (C=O) groups excluding carboxylic acids is 2. The van der Waals surface area contributed by atoms with Crippen LogP contribution in [0.5, 0.6) is 5.75 Å². The molecule has 2 bridgehead atoms. The molecule has 2 aliphatic carbocycles. The van der Waals surface area contributed by atoms with Crippen LogP contribution in [0.15, 0.2) is 36.1 Å². The maximum atomic E-state index is 12.3. The maximum absolute atomic E-state index is 12.3. The molecule has 0 unspecified atom stereocenters. The molecule has 0 aromatic heterocycles. The highest BCUT2D eigenvalue weighted by atomic mass is 16.5. The van der Waals surface area contributed by atoms with E-state index in [9.17, 15) is 14.7 Å². The van der Waals surface area contributed by atoms with Crippen molar-refractivity contribution >= 4 is 11.6 Å². The van der Waals surface area contributed by atoms with Gasteiger partial charge in [0, 0.05) is 11.8 Å². The van der Waals surface area contributed by atoms with E-state index in [1.807, 2.05) is 31.2 Å². The summed E-state index contributed by atoms with van der Waals surface area (Å²) in [5.74, 6) is -1.42. The van der Waals surface area contributed by atoms with Crippen molar-refractivity contribution in [1.29, 1.82) is 0 Å². The number of aliphatic hydroxyl groups excluding tert-OH is 1. The van der Waals surface area contributed by atoms with Crippen molar-refractivity contribution < 1.29 is 19.4 Å². The zero-order valence-corrected chi connectivity index (χ0v) is 11.4. The van der Waals surface area contributed by atoms with Crippen molar-refractivity contribution in [2.75, 3.05) is 7.11 Å². The van der Waals surface area contributed by atoms with Crippen LogP contribution in [0.3, 0.4) is 0 Å². The van der Waals surface area contributed by atoms with Crippen LogP contribution in [-0.2, 0) is 9.59 Å². The molecule has 0 spiro atoms. The summed E-state index contributed by atoms with van der Waals surface area (Å²) in [6.07, 6.45) is 1.41. The van der Waals surface area contributed by atoms with Crippen LogP contribution < -0.4 is 4.74 Å². The van der Waals surface area contributed by atoms with Crippen molar-refractivity contribution in [3.63, 3.8) is 0 Å². The number of benzene rings is 1. The third-order valence-corrected chi connectivity index (χ3v) is 4.48. The van der Waals surface area contributed by atoms with Crippen LogP contribution >= 0.6 is 0 Å². The lowest BCUT2D eigenvalue weighted by molar-refractivity contribution is -0.132. The fourth-order valence-corrected chi connectivity index (χ4v) is 3.45. The van der Waals surface area contributed by atoms with Gasteiger partial charge in [0.05, 0.1) is 13.0 Å². The lowest BCUT2D eigenvalue weighted by atomic mass is 9.82. The Balaban J connectivity index is 2.07. The Labute approximate surface area is 117 Å². The van der Waals surface area contributed by atoms with Gasteiger partial charge < -0.3 is 9.84 Å². The second-order valence-electron chi connectivity index (χ2n) is 5.48. The molecule has 1 aromatic rings. The largest absolute Gasteiger partial charge is 0.505 e. The van der Waals surface area contributed by atoms with Crippen molar-refractivity contribution in [2.45, 2.75) is 12.8 Å². The van der Waals surface area contributed by atoms with Gasteiger partial charge in [0.25, 0.3) is 0 Å². The zero-order chi connectivity index (χ0) is 14.4. The third-order valence-electron chi connectivity index (χ3n) is 4.48. The second kappa shape index (κ2) is 4.47. The molecule has 4 nitrogen and oxygen atoms in total. The normalized spacial score (nSPS) is 32.2. The van der Waals surface area contributed by atoms with Crippen LogP contribution in [-0.4, -0.2) is 23.8 Å². The molecule has 1 fully saturated rings. The quantitative estimate of drug-likeness (QED) is 0.839. The van der Waals surface area contributed by atoms with Crippen LogP contribution in [0.4, 0.5) is 0 Å². The van der Waals surface area contributed by atoms with E-state index in [-0.39, 0.29) is 29.3 Å². The molecule has 0 saturated heterocycles. The molecule has 0 amide bonds. The molecule has 1 saturated carbocycles. The number of carbonyl (C=O) groups is 2. The van der Waals surface area contributed by atoms with E-state index in [2.05, 4.69) is 0 Å². The lowest BCUT2D eigenvalue weighted by Crippen LogP contribution is -2.30. The van der Waals surface area contributed by atoms with Gasteiger partial charge in [-0.2, -0.15) is 0 Å². The number of ketones is 2. The van der Waals surface area contributed by atoms with Gasteiger partial charge in [0.15, 0.2) is 11.5 Å². The van der Waals surface area contributed by atoms with Gasteiger partial charge in [0.2, 0.25) is 5.78 Å². The number of methoxy groups -OCH3 is 1. The summed E-state index contributed by atoms with van der Waals surface area (Å²) < 4.78 is 5.20. The molecule has 1 N–H and O–H groups in total. The number of hydrogen-bond acceptors (Lipinski definition) is 4. The van der Waals surface area contributed by atoms with E-state index < -0.39 is 11.7 Å². The topological polar surface area (TPSA) is 63.6 Å². The van der Waals surface area contributed by atoms with E-state index in [0.29, 0.717) is 5.75 Å². The number of fused-ring (bicyclic) bond motifs is 2. The standard InChI is InChI=1S/C16H16O4/c1-8-11-7-12(17)16(19)14(15(11)18)13(8)9-4-3-5-10(6-9)20-2/h3-8,11,13-14,17H,1-2H3/t8-,11-,13-,14+/m0/s1. The van der Waals surface area contributed by atoms with E-state index in [1.54, 1.807) is 7.11 Å². The van der Waals surface area contributed by atoms with Crippen molar-refractivity contribution in [3.05, 3.63) is 41.7 Å². The average molecular weight is 272 g/mol. The molecular weight excluding hydrogens is 256 g/mol. The number of allylic oxidation sites excluding steroid dienone is 2. The van der Waals surface area contributed by atoms with Gasteiger partial charge >= 0.3 is 0 Å². The molecule has 0 aliphatic heterocycles. The summed E-state index contributed by atoms with van der Waals surface area (Å²) in [5, 5.41) is 9.69. The average Bonchev–Trinajstić information content (AvgIpc) is 2.64. The Morgan fingerprint density at radius 3 is 2.70 bits per heavy atom. The van der Waals surface area contributed by atoms with Gasteiger partial charge in [0.1, 0.15) is 5.75 Å². The Morgan fingerprint density at radius 1 is 1.25 bits per heavy atom. The molecule has 0 radical (unpaired) electrons. The first-order valence-electron chi connectivity index (χ1n) is 6.67. The van der Waals surface area contributed by atoms with Crippen LogP contribution in [0.1, 0.15) is 18.4 Å². The highest BCUT2D eigenvalue weighted by Gasteiger charge is 2.54. The summed E-state index contributed by atoms with van der Waals surface area (Å²) >= 11 is 0. The summed E-state index contributed by atoms with van der Waals surface area (Å²) in [4.78, 5) is 24.4. The van der Waals surface area contributed by atoms with Gasteiger partial charge in [-0.15, -0.1) is 0 Å². The monoisotopic (exact) mass is 272 g/mol. The molecule has 0 heterocycles. The lowest BCUT2D eigenvalue weighted by Gasteiger charge is -2.20. The third kappa shape index (κ3) is 1.68. The number of rotatable bonds is 2. The summed E-state index contributed by atoms with van der Waals surface area (Å²) in [7, 11) is 1.58. The van der Waals surface area contributed by atoms with Crippen LogP contribution in [0.2, 0.25) is 0 Å². The fourth-order valence-electron chi connectivity index (χ4n) is 3.45. The van der Waals surface area contributed by atoms with Crippen molar-refractivity contribution in [3.8, 4) is 5.75 Å². The maximum Gasteiger partial charge on any atom is 0.207 e. The molecule has 2 aliphatic rings. The molecule has 4 atom stereocenters. The second-order valence-corrected chi connectivity index (χ2v) is 5.48. The number of Topliss-reactive ketones (excluding diaryl/α,β-unsaturated/α-hetero) is 2. The van der Waals surface area contributed by atoms with E-state index in [4.69, 9.17) is 4.74 Å². The van der Waals surface area contributed by atoms with Gasteiger partial charge in [-0.05, 0) is 29.7 Å². The first kappa shape index (κ1) is 12.9. The smallest absolute Gasteiger partial charge is 0.207 e. The predicted octanol–water partition coefficient (Wildman–Crippen LogP) is 2.25. The van der Waals surface area contributed by atoms with Gasteiger partial charge in [-0.25, -0.2) is 0 Å². The van der Waals surface area contributed by atoms with Crippen molar-refractivity contribution in [1.82, 2.24) is 0 Å². The molecule has 104 valence electrons. The first-order chi connectivity index (χ1) is 9.54. The minimum atomic E-state index is -0.757. The van der Waals surface area contributed by atoms with Gasteiger partial charge in [-0.3, -0.25) is 9.59 Å². The number of hydrogen-bond donors (Lipinski definition) is 1. The molecular formula is C16H16O4. The summed E-state index contributed by atoms with van der Waals surface area (Å²) in [6, 6.07) is 7.45. The predicted molar refractivity (Wildman–Crippen MR) is 72.6 cm³/mol. The Morgan fingerprint density at radius 2 is 2.00 bits per heavy atom. The highest BCUT2D eigenvalue weighted by molar-refractivity contribution is 6.15. The van der Waals surface area contributed by atoms with Crippen molar-refractivity contribution in [2.24, 2.45) is 17.8 Å². The Bertz CT molecular complexity index is 617. The Hall–Kier alpha value is -2.10. The zero-order valence-electron chi connectivity index (χ0n) is 11.4. The van der Waals surface area contributed by atoms with Crippen LogP contribution in [0.25, 0.3) is 0 Å². The fraction of sp³-hybridized carbons (Fsp3) is 0.375. The summed E-state index contributed by atoms with van der Waals surface area (Å²) in [6.45, 7) is 1.95. The van der Waals surface area contributed by atoms with Gasteiger partial charge in [-0.1, -0.05) is 19.1 Å². The van der Waals surface area contributed by atoms with E-state index >= 15 is 0 Å². The number of ether oxygens (including phenoxy) is 1. The minimum Gasteiger partial charge on any atom is -0.505 e. The van der Waals surface area contributed by atoms with E-state index in [0.717, 1.165) is 5.56 Å². The minimum absolute atomic E-state index is 0.00629. The molecule has 1 aromatic carbocycles. The molecule has 20 heavy (non-hydrogen) atoms. The summed E-state index contributed by atoms with van der Waals surface area (Å²) in [5.41, 5.74) is 0.911. The first-order valence-corrected chi connectivity index (χ1v) is 6.67. The highest BCUT2D eigenvalue weighted by Crippen LogP contribution is 2.49. The molecule has 4 heteroatoms. The molecule has 3 rings (SSSR count). The van der Waals surface area contributed by atoms with E-state index in [1.165, 1.54) is 6.08 Å².